The molecule has 0 bridgehead atoms. The maximum atomic E-state index is 9.02. The van der Waals surface area contributed by atoms with Gasteiger partial charge < -0.3 is 4.74 Å². The number of aromatic nitrogens is 5. The second-order valence-corrected chi connectivity index (χ2v) is 6.44. The summed E-state index contributed by atoms with van der Waals surface area (Å²) in [6, 6.07) is 9.11. The number of imidazole rings is 1. The Labute approximate surface area is 160 Å². The van der Waals surface area contributed by atoms with Gasteiger partial charge in [-0.25, -0.2) is 14.6 Å². The lowest BCUT2D eigenvalue weighted by atomic mass is 10.2. The van der Waals surface area contributed by atoms with E-state index in [9.17, 15) is 0 Å². The van der Waals surface area contributed by atoms with Crippen LogP contribution < -0.4 is 4.74 Å². The van der Waals surface area contributed by atoms with Crippen LogP contribution in [0.5, 0.6) is 5.75 Å². The number of fused-ring (bicyclic) bond motifs is 1. The van der Waals surface area contributed by atoms with Gasteiger partial charge in [0.25, 0.3) is 0 Å². The number of aryl methyl sites for hydroxylation is 1. The van der Waals surface area contributed by atoms with E-state index in [1.807, 2.05) is 36.7 Å². The summed E-state index contributed by atoms with van der Waals surface area (Å²) in [5.41, 5.74) is 3.58. The molecule has 8 heteroatoms. The summed E-state index contributed by atoms with van der Waals surface area (Å²) in [5.74, 6) is 1.33. The van der Waals surface area contributed by atoms with Gasteiger partial charge in [-0.05, 0) is 38.1 Å². The minimum atomic E-state index is 0.310. The second-order valence-electron chi connectivity index (χ2n) is 6.04. The van der Waals surface area contributed by atoms with Crippen LogP contribution in [-0.2, 0) is 6.61 Å². The Balaban J connectivity index is 1.61. The molecule has 0 saturated carbocycles. The molecule has 0 amide bonds. The largest absolute Gasteiger partial charge is 0.483 e. The van der Waals surface area contributed by atoms with Gasteiger partial charge in [-0.3, -0.25) is 4.40 Å². The fourth-order valence-corrected chi connectivity index (χ4v) is 3.13. The molecule has 0 fully saturated rings. The molecule has 7 nitrogen and oxygen atoms in total. The minimum Gasteiger partial charge on any atom is -0.483 e. The van der Waals surface area contributed by atoms with Gasteiger partial charge in [0.2, 0.25) is 5.78 Å². The van der Waals surface area contributed by atoms with Crippen molar-refractivity contribution < 1.29 is 4.74 Å². The predicted octanol–water partition coefficient (Wildman–Crippen LogP) is 3.64. The summed E-state index contributed by atoms with van der Waals surface area (Å²) in [6.07, 6.45) is 5.48. The Kier molecular flexibility index (Phi) is 4.26. The molecular formula is C19H15ClN6O. The molecule has 3 heterocycles. The highest BCUT2D eigenvalue weighted by Crippen LogP contribution is 2.28. The Morgan fingerprint density at radius 1 is 1.30 bits per heavy atom. The first-order chi connectivity index (χ1) is 13.1. The fourth-order valence-electron chi connectivity index (χ4n) is 2.91. The van der Waals surface area contributed by atoms with Crippen molar-refractivity contribution >= 4 is 17.4 Å². The molecule has 0 radical (unpaired) electrons. The van der Waals surface area contributed by atoms with E-state index in [-0.39, 0.29) is 0 Å². The van der Waals surface area contributed by atoms with Gasteiger partial charge in [-0.1, -0.05) is 11.6 Å². The summed E-state index contributed by atoms with van der Waals surface area (Å²) >= 11 is 6.15. The number of benzene rings is 1. The lowest BCUT2D eigenvalue weighted by Gasteiger charge is -2.07. The van der Waals surface area contributed by atoms with Gasteiger partial charge in [0.05, 0.1) is 27.7 Å². The molecule has 134 valence electrons. The highest BCUT2D eigenvalue weighted by atomic mass is 35.5. The van der Waals surface area contributed by atoms with Gasteiger partial charge in [0.1, 0.15) is 18.4 Å². The maximum Gasteiger partial charge on any atom is 0.234 e. The molecule has 27 heavy (non-hydrogen) atoms. The van der Waals surface area contributed by atoms with Crippen molar-refractivity contribution in [1.29, 1.82) is 5.26 Å². The summed E-state index contributed by atoms with van der Waals surface area (Å²) in [5, 5.41) is 14.0. The summed E-state index contributed by atoms with van der Waals surface area (Å²) in [7, 11) is 0. The summed E-state index contributed by atoms with van der Waals surface area (Å²) in [4.78, 5) is 8.64. The van der Waals surface area contributed by atoms with Crippen LogP contribution in [-0.4, -0.2) is 24.1 Å². The summed E-state index contributed by atoms with van der Waals surface area (Å²) in [6.45, 7) is 4.12. The Bertz CT molecular complexity index is 1150. The van der Waals surface area contributed by atoms with Crippen LogP contribution in [0.15, 0.2) is 42.9 Å². The lowest BCUT2D eigenvalue weighted by molar-refractivity contribution is 0.297. The number of rotatable bonds is 4. The first-order valence-corrected chi connectivity index (χ1v) is 8.62. The van der Waals surface area contributed by atoms with E-state index >= 15 is 0 Å². The van der Waals surface area contributed by atoms with Gasteiger partial charge in [0.15, 0.2) is 5.75 Å². The predicted molar refractivity (Wildman–Crippen MR) is 100 cm³/mol. The van der Waals surface area contributed by atoms with Crippen LogP contribution in [0, 0.1) is 25.2 Å². The molecule has 0 unspecified atom stereocenters. The third kappa shape index (κ3) is 3.11. The van der Waals surface area contributed by atoms with E-state index in [4.69, 9.17) is 21.6 Å². The molecule has 0 N–H and O–H groups in total. The number of hydrogen-bond acceptors (Lipinski definition) is 5. The Morgan fingerprint density at radius 3 is 2.89 bits per heavy atom. The standard InChI is InChI=1S/C19H15ClN6O/c1-12-18(27-11-15-10-25-7-3-6-22-19(25)23-15)13(2)26(24-12)16-5-4-14(9-21)17(20)8-16/h3-8,10H,11H2,1-2H3. The zero-order valence-corrected chi connectivity index (χ0v) is 15.5. The van der Waals surface area contributed by atoms with Crippen LogP contribution in [0.4, 0.5) is 0 Å². The number of nitrogens with zero attached hydrogens (tertiary/aromatic N) is 6. The molecule has 0 saturated heterocycles. The van der Waals surface area contributed by atoms with E-state index in [1.165, 1.54) is 0 Å². The number of hydrogen-bond donors (Lipinski definition) is 0. The number of ether oxygens (including phenoxy) is 1. The minimum absolute atomic E-state index is 0.310. The summed E-state index contributed by atoms with van der Waals surface area (Å²) < 4.78 is 9.59. The normalized spacial score (nSPS) is 10.9. The SMILES string of the molecule is Cc1nn(-c2ccc(C#N)c(Cl)c2)c(C)c1OCc1cn2cccnc2n1. The molecule has 4 aromatic rings. The van der Waals surface area contributed by atoms with Crippen LogP contribution in [0.1, 0.15) is 22.6 Å². The quantitative estimate of drug-likeness (QED) is 0.541. The molecule has 0 atom stereocenters. The molecule has 0 aliphatic heterocycles. The van der Waals surface area contributed by atoms with Gasteiger partial charge in [-0.15, -0.1) is 0 Å². The Hall–Kier alpha value is -3.37. The van der Waals surface area contributed by atoms with E-state index in [0.29, 0.717) is 28.7 Å². The van der Waals surface area contributed by atoms with Crippen molar-refractivity contribution in [2.24, 2.45) is 0 Å². The average Bonchev–Trinajstić information content (AvgIpc) is 3.20. The van der Waals surface area contributed by atoms with Gasteiger partial charge in [0, 0.05) is 18.6 Å². The van der Waals surface area contributed by atoms with Crippen LogP contribution in [0.3, 0.4) is 0 Å². The van der Waals surface area contributed by atoms with Crippen molar-refractivity contribution in [3.8, 4) is 17.5 Å². The molecule has 0 aliphatic rings. The van der Waals surface area contributed by atoms with E-state index in [2.05, 4.69) is 21.1 Å². The average molecular weight is 379 g/mol. The monoisotopic (exact) mass is 378 g/mol. The molecule has 0 spiro atoms. The number of halogens is 1. The lowest BCUT2D eigenvalue weighted by Crippen LogP contribution is -2.01. The first kappa shape index (κ1) is 17.1. The first-order valence-electron chi connectivity index (χ1n) is 8.24. The third-order valence-electron chi connectivity index (χ3n) is 4.19. The zero-order valence-electron chi connectivity index (χ0n) is 14.7. The van der Waals surface area contributed by atoms with Crippen LogP contribution >= 0.6 is 11.6 Å². The fraction of sp³-hybridized carbons (Fsp3) is 0.158. The van der Waals surface area contributed by atoms with Crippen molar-refractivity contribution in [3.63, 3.8) is 0 Å². The smallest absolute Gasteiger partial charge is 0.234 e. The molecule has 0 aliphatic carbocycles. The highest BCUT2D eigenvalue weighted by molar-refractivity contribution is 6.31. The third-order valence-corrected chi connectivity index (χ3v) is 4.51. The number of nitriles is 1. The second kappa shape index (κ2) is 6.74. The van der Waals surface area contributed by atoms with Crippen molar-refractivity contribution in [1.82, 2.24) is 24.1 Å². The maximum absolute atomic E-state index is 9.02. The topological polar surface area (TPSA) is 81.0 Å². The highest BCUT2D eigenvalue weighted by Gasteiger charge is 2.16. The van der Waals surface area contributed by atoms with Crippen LogP contribution in [0.25, 0.3) is 11.5 Å². The van der Waals surface area contributed by atoms with Crippen molar-refractivity contribution in [3.05, 3.63) is 70.5 Å². The van der Waals surface area contributed by atoms with Gasteiger partial charge in [-0.2, -0.15) is 10.4 Å². The van der Waals surface area contributed by atoms with Crippen molar-refractivity contribution in [2.45, 2.75) is 20.5 Å². The molecular weight excluding hydrogens is 364 g/mol. The van der Waals surface area contributed by atoms with Crippen LogP contribution in [0.2, 0.25) is 5.02 Å². The molecule has 4 rings (SSSR count). The molecule has 1 aromatic carbocycles. The van der Waals surface area contributed by atoms with Crippen molar-refractivity contribution in [2.75, 3.05) is 0 Å². The van der Waals surface area contributed by atoms with E-state index in [0.717, 1.165) is 22.8 Å². The Morgan fingerprint density at radius 2 is 2.15 bits per heavy atom. The van der Waals surface area contributed by atoms with E-state index < -0.39 is 0 Å². The van der Waals surface area contributed by atoms with Gasteiger partial charge >= 0.3 is 0 Å². The molecule has 3 aromatic heterocycles. The van der Waals surface area contributed by atoms with E-state index in [1.54, 1.807) is 29.1 Å². The zero-order chi connectivity index (χ0) is 19.0.